The van der Waals surface area contributed by atoms with Gasteiger partial charge in [0.2, 0.25) is 0 Å². The third kappa shape index (κ3) is 1.57. The molecule has 0 bridgehead atoms. The Balaban J connectivity index is 2.72. The standard InChI is InChI=1S/C5H5F3NP/c1-3-2-4(9-10-3)5(6,7)8/h2,4H,1H3. The summed E-state index contributed by atoms with van der Waals surface area (Å²) in [6, 6.07) is -1.56. The van der Waals surface area contributed by atoms with E-state index in [9.17, 15) is 13.2 Å². The average Bonchev–Trinajstić information content (AvgIpc) is 2.11. The topological polar surface area (TPSA) is 12.4 Å². The summed E-state index contributed by atoms with van der Waals surface area (Å²) in [5.41, 5.74) is 0. The van der Waals surface area contributed by atoms with Crippen molar-refractivity contribution in [1.29, 1.82) is 0 Å². The van der Waals surface area contributed by atoms with Gasteiger partial charge in [-0.2, -0.15) is 13.2 Å². The van der Waals surface area contributed by atoms with Gasteiger partial charge in [0.25, 0.3) is 0 Å². The van der Waals surface area contributed by atoms with Crippen LogP contribution in [0.25, 0.3) is 0 Å². The summed E-state index contributed by atoms with van der Waals surface area (Å²) in [5, 5.41) is 0.669. The van der Waals surface area contributed by atoms with Crippen molar-refractivity contribution >= 4 is 8.37 Å². The third-order valence-corrected chi connectivity index (χ3v) is 1.90. The molecular weight excluding hydrogens is 162 g/mol. The number of hydrogen-bond acceptors (Lipinski definition) is 1. The number of rotatable bonds is 0. The van der Waals surface area contributed by atoms with E-state index in [0.29, 0.717) is 13.7 Å². The maximum Gasteiger partial charge on any atom is 0.414 e. The van der Waals surface area contributed by atoms with Crippen LogP contribution in [0.3, 0.4) is 0 Å². The lowest BCUT2D eigenvalue weighted by Crippen LogP contribution is -2.22. The fraction of sp³-hybridized carbons (Fsp3) is 0.600. The maximum atomic E-state index is 11.8. The molecule has 0 fully saturated rings. The Bertz CT molecular complexity index is 194. The van der Waals surface area contributed by atoms with Gasteiger partial charge in [-0.05, 0) is 18.3 Å². The van der Waals surface area contributed by atoms with Crippen molar-refractivity contribution in [2.24, 2.45) is 4.74 Å². The molecule has 0 radical (unpaired) electrons. The zero-order valence-corrected chi connectivity index (χ0v) is 6.08. The van der Waals surface area contributed by atoms with Crippen LogP contribution in [0.4, 0.5) is 13.2 Å². The Morgan fingerprint density at radius 2 is 2.20 bits per heavy atom. The van der Waals surface area contributed by atoms with E-state index in [-0.39, 0.29) is 0 Å². The van der Waals surface area contributed by atoms with Gasteiger partial charge in [0.05, 0.1) is 0 Å². The molecule has 0 amide bonds. The van der Waals surface area contributed by atoms with E-state index in [1.807, 2.05) is 0 Å². The highest BCUT2D eigenvalue weighted by molar-refractivity contribution is 7.32. The summed E-state index contributed by atoms with van der Waals surface area (Å²) in [6.45, 7) is 1.64. The second-order valence-electron chi connectivity index (χ2n) is 2.01. The summed E-state index contributed by atoms with van der Waals surface area (Å²) in [6.07, 6.45) is -3.05. The van der Waals surface area contributed by atoms with E-state index < -0.39 is 12.2 Å². The molecule has 1 rings (SSSR count). The van der Waals surface area contributed by atoms with Crippen molar-refractivity contribution in [2.45, 2.75) is 19.1 Å². The molecule has 10 heavy (non-hydrogen) atoms. The zero-order valence-electron chi connectivity index (χ0n) is 5.18. The monoisotopic (exact) mass is 167 g/mol. The van der Waals surface area contributed by atoms with Crippen molar-refractivity contribution in [3.05, 3.63) is 11.4 Å². The van der Waals surface area contributed by atoms with Crippen molar-refractivity contribution in [3.63, 3.8) is 0 Å². The summed E-state index contributed by atoms with van der Waals surface area (Å²) in [4.78, 5) is 0. The molecule has 0 aromatic carbocycles. The van der Waals surface area contributed by atoms with Crippen LogP contribution in [0.2, 0.25) is 0 Å². The van der Waals surface area contributed by atoms with Gasteiger partial charge < -0.3 is 0 Å². The second-order valence-corrected chi connectivity index (χ2v) is 3.15. The number of halogens is 3. The van der Waals surface area contributed by atoms with Crippen LogP contribution in [-0.2, 0) is 0 Å². The van der Waals surface area contributed by atoms with Crippen molar-refractivity contribution in [1.82, 2.24) is 0 Å². The fourth-order valence-corrected chi connectivity index (χ4v) is 1.32. The first-order valence-electron chi connectivity index (χ1n) is 2.66. The molecule has 0 N–H and O–H groups in total. The fourth-order valence-electron chi connectivity index (χ4n) is 0.608. The molecular formula is C5H5F3NP. The van der Waals surface area contributed by atoms with Crippen LogP contribution in [-0.4, -0.2) is 12.2 Å². The molecule has 1 aliphatic rings. The first-order valence-corrected chi connectivity index (χ1v) is 3.51. The van der Waals surface area contributed by atoms with E-state index in [2.05, 4.69) is 4.74 Å². The van der Waals surface area contributed by atoms with Crippen LogP contribution in [0.1, 0.15) is 6.92 Å². The zero-order chi connectivity index (χ0) is 7.78. The van der Waals surface area contributed by atoms with E-state index in [1.165, 1.54) is 0 Å². The van der Waals surface area contributed by atoms with Gasteiger partial charge >= 0.3 is 6.18 Å². The van der Waals surface area contributed by atoms with Gasteiger partial charge in [-0.15, -0.1) is 0 Å². The number of alkyl halides is 3. The minimum atomic E-state index is -4.19. The summed E-state index contributed by atoms with van der Waals surface area (Å²) >= 11 is 0. The first kappa shape index (κ1) is 7.73. The summed E-state index contributed by atoms with van der Waals surface area (Å²) in [7, 11) is 0.450. The smallest absolute Gasteiger partial charge is 0.247 e. The van der Waals surface area contributed by atoms with Gasteiger partial charge in [-0.3, -0.25) is 0 Å². The Labute approximate surface area is 57.8 Å². The largest absolute Gasteiger partial charge is 0.414 e. The van der Waals surface area contributed by atoms with Gasteiger partial charge in [-0.1, -0.05) is 0 Å². The summed E-state index contributed by atoms with van der Waals surface area (Å²) < 4.78 is 38.7. The lowest BCUT2D eigenvalue weighted by atomic mass is 10.3. The van der Waals surface area contributed by atoms with Crippen molar-refractivity contribution in [3.8, 4) is 0 Å². The molecule has 5 heteroatoms. The molecule has 1 heterocycles. The van der Waals surface area contributed by atoms with Crippen LogP contribution >= 0.6 is 8.37 Å². The first-order chi connectivity index (χ1) is 4.50. The average molecular weight is 167 g/mol. The Kier molecular flexibility index (Phi) is 1.82. The maximum absolute atomic E-state index is 11.8. The Morgan fingerprint density at radius 3 is 2.40 bits per heavy atom. The minimum Gasteiger partial charge on any atom is -0.247 e. The third-order valence-electron chi connectivity index (χ3n) is 1.07. The van der Waals surface area contributed by atoms with E-state index in [1.54, 1.807) is 6.92 Å². The highest BCUT2D eigenvalue weighted by atomic mass is 31.1. The van der Waals surface area contributed by atoms with Gasteiger partial charge in [0, 0.05) is 8.37 Å². The number of nitrogens with zero attached hydrogens (tertiary/aromatic N) is 1. The van der Waals surface area contributed by atoms with Gasteiger partial charge in [0.15, 0.2) is 6.04 Å². The van der Waals surface area contributed by atoms with Crippen molar-refractivity contribution in [2.75, 3.05) is 0 Å². The molecule has 0 aliphatic carbocycles. The molecule has 0 saturated carbocycles. The molecule has 0 spiro atoms. The number of hydrogen-bond donors (Lipinski definition) is 0. The van der Waals surface area contributed by atoms with E-state index >= 15 is 0 Å². The van der Waals surface area contributed by atoms with Crippen LogP contribution in [0.5, 0.6) is 0 Å². The molecule has 1 atom stereocenters. The predicted molar refractivity (Wildman–Crippen MR) is 32.9 cm³/mol. The molecule has 1 unspecified atom stereocenters. The molecule has 1 nitrogen and oxygen atoms in total. The summed E-state index contributed by atoms with van der Waals surface area (Å²) in [5.74, 6) is 0. The van der Waals surface area contributed by atoms with Crippen LogP contribution in [0.15, 0.2) is 16.1 Å². The molecule has 1 aliphatic heterocycles. The van der Waals surface area contributed by atoms with E-state index in [0.717, 1.165) is 6.08 Å². The SMILES string of the molecule is CC1=CC(C(F)(F)F)N=P1. The highest BCUT2D eigenvalue weighted by Crippen LogP contribution is 2.34. The second kappa shape index (κ2) is 2.35. The quantitative estimate of drug-likeness (QED) is 0.492. The predicted octanol–water partition coefficient (Wildman–Crippen LogP) is 2.96. The minimum absolute atomic E-state index is 0.450. The van der Waals surface area contributed by atoms with Crippen LogP contribution in [0, 0.1) is 0 Å². The van der Waals surface area contributed by atoms with Crippen molar-refractivity contribution < 1.29 is 13.2 Å². The Hall–Kier alpha value is -0.370. The number of allylic oxidation sites excluding steroid dienone is 1. The van der Waals surface area contributed by atoms with Crippen LogP contribution < -0.4 is 0 Å². The van der Waals surface area contributed by atoms with Gasteiger partial charge in [-0.25, -0.2) is 4.74 Å². The molecule has 0 aromatic rings. The van der Waals surface area contributed by atoms with Gasteiger partial charge in [0.1, 0.15) is 0 Å². The lowest BCUT2D eigenvalue weighted by Gasteiger charge is -2.07. The highest BCUT2D eigenvalue weighted by Gasteiger charge is 2.39. The molecule has 0 saturated heterocycles. The molecule has 56 valence electrons. The van der Waals surface area contributed by atoms with E-state index in [4.69, 9.17) is 0 Å². The lowest BCUT2D eigenvalue weighted by molar-refractivity contribution is -0.135. The normalized spacial score (nSPS) is 26.8. The molecule has 0 aromatic heterocycles. The Morgan fingerprint density at radius 1 is 1.60 bits per heavy atom.